The number of hydrogen-bond acceptors (Lipinski definition) is 3. The van der Waals surface area contributed by atoms with Gasteiger partial charge in [0.25, 0.3) is 0 Å². The summed E-state index contributed by atoms with van der Waals surface area (Å²) < 4.78 is 0. The van der Waals surface area contributed by atoms with E-state index in [-0.39, 0.29) is 6.04 Å². The molecule has 1 aliphatic heterocycles. The third-order valence-corrected chi connectivity index (χ3v) is 4.96. The fourth-order valence-corrected chi connectivity index (χ4v) is 3.93. The Labute approximate surface area is 124 Å². The summed E-state index contributed by atoms with van der Waals surface area (Å²) in [6, 6.07) is 14.3. The second-order valence-electron chi connectivity index (χ2n) is 6.18. The van der Waals surface area contributed by atoms with Gasteiger partial charge in [-0.1, -0.05) is 30.3 Å². The van der Waals surface area contributed by atoms with Crippen LogP contribution in [0.2, 0.25) is 0 Å². The zero-order chi connectivity index (χ0) is 14.4. The van der Waals surface area contributed by atoms with Crippen LogP contribution in [0, 0.1) is 0 Å². The molecule has 3 heteroatoms. The lowest BCUT2D eigenvalue weighted by Gasteiger charge is -2.38. The van der Waals surface area contributed by atoms with Crippen LogP contribution in [0.1, 0.15) is 34.7 Å². The Kier molecular flexibility index (Phi) is 2.81. The predicted molar refractivity (Wildman–Crippen MR) is 84.0 cm³/mol. The summed E-state index contributed by atoms with van der Waals surface area (Å²) in [5, 5.41) is 14.9. The summed E-state index contributed by atoms with van der Waals surface area (Å²) >= 11 is 0. The van der Waals surface area contributed by atoms with E-state index in [0.717, 1.165) is 37.1 Å². The lowest BCUT2D eigenvalue weighted by molar-refractivity contribution is -0.00499. The van der Waals surface area contributed by atoms with Crippen LogP contribution < -0.4 is 11.1 Å². The Morgan fingerprint density at radius 3 is 2.86 bits per heavy atom. The number of anilines is 1. The van der Waals surface area contributed by atoms with Gasteiger partial charge in [-0.3, -0.25) is 0 Å². The number of hydrogen-bond donors (Lipinski definition) is 3. The number of nitrogens with one attached hydrogen (secondary N) is 1. The first-order valence-electron chi connectivity index (χ1n) is 7.61. The normalized spacial score (nSPS) is 27.2. The van der Waals surface area contributed by atoms with Crippen LogP contribution in [0.5, 0.6) is 0 Å². The van der Waals surface area contributed by atoms with Crippen LogP contribution in [0.4, 0.5) is 5.69 Å². The molecular formula is C18H20N2O. The molecule has 3 nitrogen and oxygen atoms in total. The van der Waals surface area contributed by atoms with Crippen molar-refractivity contribution in [1.82, 2.24) is 5.32 Å². The smallest absolute Gasteiger partial charge is 0.110 e. The van der Waals surface area contributed by atoms with E-state index in [0.29, 0.717) is 0 Å². The van der Waals surface area contributed by atoms with Gasteiger partial charge >= 0.3 is 0 Å². The second-order valence-corrected chi connectivity index (χ2v) is 6.18. The minimum atomic E-state index is -0.834. The van der Waals surface area contributed by atoms with Crippen LogP contribution in [0.25, 0.3) is 0 Å². The molecule has 0 radical (unpaired) electrons. The highest BCUT2D eigenvalue weighted by atomic mass is 16.3. The molecule has 0 fully saturated rings. The fourth-order valence-electron chi connectivity index (χ4n) is 3.93. The van der Waals surface area contributed by atoms with E-state index >= 15 is 0 Å². The molecule has 2 aromatic carbocycles. The van der Waals surface area contributed by atoms with E-state index in [9.17, 15) is 5.11 Å². The average molecular weight is 280 g/mol. The molecule has 0 spiro atoms. The lowest BCUT2D eigenvalue weighted by Crippen LogP contribution is -2.44. The third-order valence-electron chi connectivity index (χ3n) is 4.96. The quantitative estimate of drug-likeness (QED) is 0.702. The Morgan fingerprint density at radius 2 is 1.95 bits per heavy atom. The molecule has 2 aliphatic rings. The van der Waals surface area contributed by atoms with Gasteiger partial charge in [0.05, 0.1) is 6.04 Å². The summed E-state index contributed by atoms with van der Waals surface area (Å²) in [7, 11) is 0. The third kappa shape index (κ3) is 1.88. The first kappa shape index (κ1) is 12.9. The molecule has 21 heavy (non-hydrogen) atoms. The molecule has 1 heterocycles. The highest BCUT2D eigenvalue weighted by Crippen LogP contribution is 2.47. The maximum absolute atomic E-state index is 11.4. The fraction of sp³-hybridized carbons (Fsp3) is 0.333. The topological polar surface area (TPSA) is 58.3 Å². The van der Waals surface area contributed by atoms with Gasteiger partial charge in [0.15, 0.2) is 0 Å². The first-order valence-corrected chi connectivity index (χ1v) is 7.61. The van der Waals surface area contributed by atoms with E-state index < -0.39 is 5.60 Å². The zero-order valence-corrected chi connectivity index (χ0v) is 12.0. The maximum atomic E-state index is 11.4. The van der Waals surface area contributed by atoms with E-state index in [4.69, 9.17) is 5.73 Å². The Hall–Kier alpha value is -1.84. The second kappa shape index (κ2) is 4.58. The molecule has 0 saturated heterocycles. The molecular weight excluding hydrogens is 260 g/mol. The number of nitrogen functional groups attached to an aromatic ring is 1. The molecule has 4 rings (SSSR count). The van der Waals surface area contributed by atoms with Gasteiger partial charge in [-0.05, 0) is 60.2 Å². The van der Waals surface area contributed by atoms with Gasteiger partial charge in [-0.25, -0.2) is 0 Å². The molecule has 4 N–H and O–H groups in total. The van der Waals surface area contributed by atoms with Gasteiger partial charge in [0.1, 0.15) is 5.60 Å². The summed E-state index contributed by atoms with van der Waals surface area (Å²) in [5.41, 5.74) is 10.6. The highest BCUT2D eigenvalue weighted by molar-refractivity contribution is 5.51. The van der Waals surface area contributed by atoms with Crippen LogP contribution in [0.15, 0.2) is 42.5 Å². The Morgan fingerprint density at radius 1 is 1.10 bits per heavy atom. The molecule has 0 bridgehead atoms. The van der Waals surface area contributed by atoms with Crippen molar-refractivity contribution in [2.24, 2.45) is 0 Å². The minimum Gasteiger partial charge on any atom is -0.399 e. The zero-order valence-electron chi connectivity index (χ0n) is 12.0. The van der Waals surface area contributed by atoms with E-state index in [1.54, 1.807) is 0 Å². The van der Waals surface area contributed by atoms with Crippen molar-refractivity contribution >= 4 is 5.69 Å². The van der Waals surface area contributed by atoms with E-state index in [2.05, 4.69) is 29.6 Å². The van der Waals surface area contributed by atoms with Crippen molar-refractivity contribution in [3.8, 4) is 0 Å². The van der Waals surface area contributed by atoms with Gasteiger partial charge in [-0.2, -0.15) is 0 Å². The van der Waals surface area contributed by atoms with Gasteiger partial charge < -0.3 is 16.2 Å². The van der Waals surface area contributed by atoms with Gasteiger partial charge in [0.2, 0.25) is 0 Å². The number of rotatable bonds is 1. The van der Waals surface area contributed by atoms with Crippen LogP contribution >= 0.6 is 0 Å². The number of fused-ring (bicyclic) bond motifs is 2. The lowest BCUT2D eigenvalue weighted by atomic mass is 9.79. The van der Waals surface area contributed by atoms with Crippen LogP contribution in [-0.2, 0) is 18.4 Å². The predicted octanol–water partition coefficient (Wildman–Crippen LogP) is 2.29. The molecule has 0 aromatic heterocycles. The monoisotopic (exact) mass is 280 g/mol. The summed E-state index contributed by atoms with van der Waals surface area (Å²) in [6.45, 7) is 0.911. The van der Waals surface area contributed by atoms with Gasteiger partial charge in [-0.15, -0.1) is 0 Å². The molecule has 0 amide bonds. The molecule has 108 valence electrons. The van der Waals surface area contributed by atoms with Gasteiger partial charge in [0, 0.05) is 5.69 Å². The average Bonchev–Trinajstić information content (AvgIpc) is 2.84. The number of nitrogens with two attached hydrogens (primary N) is 1. The van der Waals surface area contributed by atoms with Crippen molar-refractivity contribution in [2.75, 3.05) is 12.3 Å². The van der Waals surface area contributed by atoms with E-state index in [1.807, 2.05) is 18.2 Å². The molecule has 2 unspecified atom stereocenters. The maximum Gasteiger partial charge on any atom is 0.110 e. The summed E-state index contributed by atoms with van der Waals surface area (Å²) in [5.74, 6) is 0. The summed E-state index contributed by atoms with van der Waals surface area (Å²) in [6.07, 6.45) is 2.66. The van der Waals surface area contributed by atoms with Crippen molar-refractivity contribution in [1.29, 1.82) is 0 Å². The Balaban J connectivity index is 1.82. The SMILES string of the molecule is Nc1ccc2c(c1)CCC2(O)C1NCCc2ccccc21. The van der Waals surface area contributed by atoms with Crippen molar-refractivity contribution < 1.29 is 5.11 Å². The Bertz CT molecular complexity index is 697. The number of benzene rings is 2. The minimum absolute atomic E-state index is 0.0349. The molecule has 1 aliphatic carbocycles. The van der Waals surface area contributed by atoms with Crippen LogP contribution in [-0.4, -0.2) is 11.7 Å². The van der Waals surface area contributed by atoms with E-state index in [1.165, 1.54) is 16.7 Å². The van der Waals surface area contributed by atoms with Crippen molar-refractivity contribution in [3.63, 3.8) is 0 Å². The van der Waals surface area contributed by atoms with Crippen molar-refractivity contribution in [3.05, 3.63) is 64.7 Å². The van der Waals surface area contributed by atoms with Crippen molar-refractivity contribution in [2.45, 2.75) is 30.9 Å². The summed E-state index contributed by atoms with van der Waals surface area (Å²) in [4.78, 5) is 0. The number of aryl methyl sites for hydroxylation is 1. The highest BCUT2D eigenvalue weighted by Gasteiger charge is 2.45. The standard InChI is InChI=1S/C18H20N2O/c19-14-5-6-16-13(11-14)7-9-18(16,21)17-15-4-2-1-3-12(15)8-10-20-17/h1-6,11,17,20-21H,7-10,19H2. The largest absolute Gasteiger partial charge is 0.399 e. The molecule has 0 saturated carbocycles. The van der Waals surface area contributed by atoms with Crippen LogP contribution in [0.3, 0.4) is 0 Å². The first-order chi connectivity index (χ1) is 10.2. The number of aliphatic hydroxyl groups is 1. The molecule has 2 atom stereocenters. The molecule has 2 aromatic rings.